The van der Waals surface area contributed by atoms with Crippen molar-refractivity contribution in [3.8, 4) is 0 Å². The summed E-state index contributed by atoms with van der Waals surface area (Å²) in [5.41, 5.74) is 5.12. The number of nitrogens with one attached hydrogen (secondary N) is 4. The summed E-state index contributed by atoms with van der Waals surface area (Å²) in [4.78, 5) is 37.0. The van der Waals surface area contributed by atoms with Crippen molar-refractivity contribution in [2.75, 3.05) is 13.1 Å². The average molecular weight is 390 g/mol. The summed E-state index contributed by atoms with van der Waals surface area (Å²) in [6, 6.07) is 8.44. The lowest BCUT2D eigenvalue weighted by molar-refractivity contribution is -0.132. The number of ether oxygens (including phenoxy) is 1. The number of hydrazine groups is 1. The number of carbonyl (C=O) groups excluding carboxylic acids is 3. The lowest BCUT2D eigenvalue weighted by atomic mass is 9.98. The van der Waals surface area contributed by atoms with Gasteiger partial charge in [-0.15, -0.1) is 0 Å². The van der Waals surface area contributed by atoms with E-state index in [4.69, 9.17) is 4.74 Å². The highest BCUT2D eigenvalue weighted by molar-refractivity contribution is 5.88. The quantitative estimate of drug-likeness (QED) is 0.566. The Hall–Kier alpha value is -2.61. The Balaban J connectivity index is 1.97. The summed E-state index contributed by atoms with van der Waals surface area (Å²) in [6.07, 6.45) is 1.04. The van der Waals surface area contributed by atoms with Crippen molar-refractivity contribution in [2.24, 2.45) is 5.92 Å². The molecule has 0 saturated carbocycles. The molecule has 1 atom stereocenters. The van der Waals surface area contributed by atoms with Gasteiger partial charge in [0.25, 0.3) is 5.91 Å². The van der Waals surface area contributed by atoms with Gasteiger partial charge in [-0.05, 0) is 52.3 Å². The second-order valence-corrected chi connectivity index (χ2v) is 7.89. The second kappa shape index (κ2) is 10.1. The van der Waals surface area contributed by atoms with Crippen LogP contribution in [0, 0.1) is 5.92 Å². The van der Waals surface area contributed by atoms with Crippen molar-refractivity contribution in [1.82, 2.24) is 21.5 Å². The van der Waals surface area contributed by atoms with E-state index in [0.717, 1.165) is 31.5 Å². The fraction of sp³-hybridized carbons (Fsp3) is 0.550. The third-order valence-corrected chi connectivity index (χ3v) is 4.31. The molecule has 8 nitrogen and oxygen atoms in total. The first-order chi connectivity index (χ1) is 13.2. The van der Waals surface area contributed by atoms with Crippen LogP contribution in [0.4, 0.5) is 4.79 Å². The Kier molecular flexibility index (Phi) is 7.80. The Bertz CT molecular complexity index is 667. The molecule has 1 aromatic rings. The van der Waals surface area contributed by atoms with Crippen LogP contribution in [-0.4, -0.2) is 42.6 Å². The van der Waals surface area contributed by atoms with Gasteiger partial charge in [-0.2, -0.15) is 0 Å². The van der Waals surface area contributed by atoms with Crippen LogP contribution in [0.15, 0.2) is 30.3 Å². The van der Waals surface area contributed by atoms with Crippen LogP contribution >= 0.6 is 0 Å². The molecule has 4 N–H and O–H groups in total. The minimum atomic E-state index is -0.884. The van der Waals surface area contributed by atoms with Crippen LogP contribution in [0.3, 0.4) is 0 Å². The second-order valence-electron chi connectivity index (χ2n) is 7.89. The number of amides is 3. The summed E-state index contributed by atoms with van der Waals surface area (Å²) in [7, 11) is 0. The highest BCUT2D eigenvalue weighted by Gasteiger charge is 2.26. The standard InChI is InChI=1S/C20H30N4O4/c1-20(2,3)28-19(27)22-16(13-14-7-5-4-6-8-14)18(26)24-23-17(25)15-9-11-21-12-10-15/h4-8,15-16,21H,9-13H2,1-3H3,(H,22,27)(H,23,25)(H,24,26)/t16-/m1/s1. The predicted molar refractivity (Wildman–Crippen MR) is 105 cm³/mol. The summed E-state index contributed by atoms with van der Waals surface area (Å²) in [5.74, 6) is -0.851. The number of alkyl carbamates (subject to hydrolysis) is 1. The van der Waals surface area contributed by atoms with Gasteiger partial charge in [-0.3, -0.25) is 20.4 Å². The number of hydrogen-bond acceptors (Lipinski definition) is 5. The molecule has 0 radical (unpaired) electrons. The molecule has 1 heterocycles. The smallest absolute Gasteiger partial charge is 0.408 e. The van der Waals surface area contributed by atoms with Crippen LogP contribution in [-0.2, 0) is 20.7 Å². The molecule has 1 aliphatic heterocycles. The van der Waals surface area contributed by atoms with Gasteiger partial charge in [0.15, 0.2) is 0 Å². The third-order valence-electron chi connectivity index (χ3n) is 4.31. The molecule has 0 spiro atoms. The van der Waals surface area contributed by atoms with Gasteiger partial charge in [0.05, 0.1) is 0 Å². The van der Waals surface area contributed by atoms with Gasteiger partial charge in [0.2, 0.25) is 5.91 Å². The highest BCUT2D eigenvalue weighted by Crippen LogP contribution is 2.11. The number of hydrogen-bond donors (Lipinski definition) is 4. The maximum Gasteiger partial charge on any atom is 0.408 e. The molecule has 8 heteroatoms. The first-order valence-electron chi connectivity index (χ1n) is 9.58. The van der Waals surface area contributed by atoms with E-state index < -0.39 is 23.6 Å². The average Bonchev–Trinajstić information content (AvgIpc) is 2.65. The third kappa shape index (κ3) is 7.56. The molecule has 0 unspecified atom stereocenters. The topological polar surface area (TPSA) is 109 Å². The first kappa shape index (κ1) is 21.7. The molecule has 2 rings (SSSR count). The molecule has 0 aromatic heterocycles. The molecule has 154 valence electrons. The summed E-state index contributed by atoms with van der Waals surface area (Å²) in [6.45, 7) is 6.81. The number of piperidine rings is 1. The van der Waals surface area contributed by atoms with Gasteiger partial charge in [0.1, 0.15) is 11.6 Å². The van der Waals surface area contributed by atoms with Crippen LogP contribution in [0.5, 0.6) is 0 Å². The largest absolute Gasteiger partial charge is 0.444 e. The zero-order valence-corrected chi connectivity index (χ0v) is 16.7. The van der Waals surface area contributed by atoms with Gasteiger partial charge in [-0.1, -0.05) is 30.3 Å². The number of rotatable bonds is 5. The Labute approximate surface area is 165 Å². The lowest BCUT2D eigenvalue weighted by Crippen LogP contribution is -2.55. The Morgan fingerprint density at radius 2 is 1.75 bits per heavy atom. The van der Waals surface area contributed by atoms with Crippen LogP contribution in [0.25, 0.3) is 0 Å². The van der Waals surface area contributed by atoms with Crippen molar-refractivity contribution < 1.29 is 19.1 Å². The van der Waals surface area contributed by atoms with Gasteiger partial charge in [-0.25, -0.2) is 4.79 Å². The molecule has 1 fully saturated rings. The molecule has 3 amide bonds. The van der Waals surface area contributed by atoms with E-state index in [9.17, 15) is 14.4 Å². The first-order valence-corrected chi connectivity index (χ1v) is 9.58. The van der Waals surface area contributed by atoms with Gasteiger partial charge < -0.3 is 15.4 Å². The minimum absolute atomic E-state index is 0.132. The Morgan fingerprint density at radius 3 is 2.36 bits per heavy atom. The van der Waals surface area contributed by atoms with Crippen molar-refractivity contribution in [3.63, 3.8) is 0 Å². The zero-order chi connectivity index (χ0) is 20.6. The monoisotopic (exact) mass is 390 g/mol. The van der Waals surface area contributed by atoms with Crippen LogP contribution in [0.1, 0.15) is 39.2 Å². The summed E-state index contributed by atoms with van der Waals surface area (Å²) >= 11 is 0. The van der Waals surface area contributed by atoms with E-state index in [1.165, 1.54) is 0 Å². The normalized spacial score (nSPS) is 16.0. The molecule has 0 bridgehead atoms. The van der Waals surface area contributed by atoms with Gasteiger partial charge >= 0.3 is 6.09 Å². The number of benzene rings is 1. The molecule has 1 aromatic carbocycles. The molecular weight excluding hydrogens is 360 g/mol. The van der Waals surface area contributed by atoms with Gasteiger partial charge in [0, 0.05) is 12.3 Å². The van der Waals surface area contributed by atoms with Crippen molar-refractivity contribution in [1.29, 1.82) is 0 Å². The zero-order valence-electron chi connectivity index (χ0n) is 16.7. The van der Waals surface area contributed by atoms with E-state index in [-0.39, 0.29) is 18.2 Å². The van der Waals surface area contributed by atoms with Crippen molar-refractivity contribution >= 4 is 17.9 Å². The molecule has 28 heavy (non-hydrogen) atoms. The van der Waals surface area contributed by atoms with E-state index in [0.29, 0.717) is 0 Å². The highest BCUT2D eigenvalue weighted by atomic mass is 16.6. The lowest BCUT2D eigenvalue weighted by Gasteiger charge is -2.24. The van der Waals surface area contributed by atoms with Crippen molar-refractivity contribution in [2.45, 2.75) is 51.7 Å². The maximum atomic E-state index is 12.6. The fourth-order valence-electron chi connectivity index (χ4n) is 2.91. The van der Waals surface area contributed by atoms with E-state index in [2.05, 4.69) is 21.5 Å². The summed E-state index contributed by atoms with van der Waals surface area (Å²) < 4.78 is 5.25. The molecule has 1 saturated heterocycles. The predicted octanol–water partition coefficient (Wildman–Crippen LogP) is 1.27. The van der Waals surface area contributed by atoms with Crippen molar-refractivity contribution in [3.05, 3.63) is 35.9 Å². The van der Waals surface area contributed by atoms with E-state index in [1.54, 1.807) is 20.8 Å². The minimum Gasteiger partial charge on any atom is -0.444 e. The molecular formula is C20H30N4O4. The summed E-state index contributed by atoms with van der Waals surface area (Å²) in [5, 5.41) is 5.78. The maximum absolute atomic E-state index is 12.6. The van der Waals surface area contributed by atoms with Crippen LogP contribution < -0.4 is 21.5 Å². The van der Waals surface area contributed by atoms with Crippen LogP contribution in [0.2, 0.25) is 0 Å². The fourth-order valence-corrected chi connectivity index (χ4v) is 2.91. The van der Waals surface area contributed by atoms with E-state index >= 15 is 0 Å². The molecule has 0 aliphatic carbocycles. The van der Waals surface area contributed by atoms with E-state index in [1.807, 2.05) is 30.3 Å². The Morgan fingerprint density at radius 1 is 1.11 bits per heavy atom. The number of carbonyl (C=O) groups is 3. The SMILES string of the molecule is CC(C)(C)OC(=O)N[C@H](Cc1ccccc1)C(=O)NNC(=O)C1CCNCC1. The molecule has 1 aliphatic rings.